The van der Waals surface area contributed by atoms with Gasteiger partial charge in [0, 0.05) is 10.3 Å². The molecule has 0 fully saturated rings. The second-order valence-electron chi connectivity index (χ2n) is 4.12. The first-order chi connectivity index (χ1) is 9.06. The average Bonchev–Trinajstić information content (AvgIpc) is 2.79. The number of rotatable bonds is 1. The normalized spacial score (nSPS) is 11.1. The monoisotopic (exact) mass is 278 g/mol. The van der Waals surface area contributed by atoms with Crippen LogP contribution in [0.5, 0.6) is 0 Å². The lowest BCUT2D eigenvalue weighted by atomic mass is 10.1. The summed E-state index contributed by atoms with van der Waals surface area (Å²) in [5.41, 5.74) is -0.0856. The van der Waals surface area contributed by atoms with Gasteiger partial charge in [-0.15, -0.1) is 11.3 Å². The minimum Gasteiger partial charge on any atom is -0.267 e. The Morgan fingerprint density at radius 1 is 1.16 bits per heavy atom. The highest BCUT2D eigenvalue weighted by molar-refractivity contribution is 7.15. The van der Waals surface area contributed by atoms with Crippen molar-refractivity contribution in [3.8, 4) is 10.6 Å². The summed E-state index contributed by atoms with van der Waals surface area (Å²) in [6.07, 6.45) is 0. The number of fused-ring (bicyclic) bond motifs is 1. The van der Waals surface area contributed by atoms with Crippen molar-refractivity contribution in [1.29, 1.82) is 0 Å². The van der Waals surface area contributed by atoms with E-state index in [0.717, 1.165) is 21.9 Å². The highest BCUT2D eigenvalue weighted by atomic mass is 32.1. The van der Waals surface area contributed by atoms with Gasteiger partial charge in [0.25, 0.3) is 5.56 Å². The number of benzene rings is 1. The molecule has 2 aromatic heterocycles. The van der Waals surface area contributed by atoms with E-state index in [1.807, 2.05) is 19.1 Å². The lowest BCUT2D eigenvalue weighted by Crippen LogP contribution is -2.10. The SMILES string of the molecule is Cc1ccc(-c2n[nH]c(=O)c3cc(F)c(F)cc23)s1. The van der Waals surface area contributed by atoms with Gasteiger partial charge in [0.1, 0.15) is 5.69 Å². The fraction of sp³-hybridized carbons (Fsp3) is 0.0769. The third-order valence-corrected chi connectivity index (χ3v) is 3.81. The Morgan fingerprint density at radius 2 is 1.84 bits per heavy atom. The molecular weight excluding hydrogens is 270 g/mol. The molecule has 0 bridgehead atoms. The van der Waals surface area contributed by atoms with Crippen molar-refractivity contribution in [1.82, 2.24) is 10.2 Å². The Kier molecular flexibility index (Phi) is 2.67. The second-order valence-corrected chi connectivity index (χ2v) is 5.41. The molecule has 3 nitrogen and oxygen atoms in total. The molecule has 0 aliphatic rings. The molecule has 0 aliphatic carbocycles. The summed E-state index contributed by atoms with van der Waals surface area (Å²) in [7, 11) is 0. The van der Waals surface area contributed by atoms with Gasteiger partial charge in [-0.3, -0.25) is 4.79 Å². The van der Waals surface area contributed by atoms with E-state index in [1.165, 1.54) is 11.3 Å². The molecule has 19 heavy (non-hydrogen) atoms. The summed E-state index contributed by atoms with van der Waals surface area (Å²) < 4.78 is 26.6. The van der Waals surface area contributed by atoms with Crippen LogP contribution in [-0.2, 0) is 0 Å². The number of halogens is 2. The van der Waals surface area contributed by atoms with Crippen molar-refractivity contribution in [2.45, 2.75) is 6.92 Å². The average molecular weight is 278 g/mol. The molecular formula is C13H8F2N2OS. The predicted molar refractivity (Wildman–Crippen MR) is 70.3 cm³/mol. The molecule has 0 unspecified atom stereocenters. The van der Waals surface area contributed by atoms with Crippen LogP contribution >= 0.6 is 11.3 Å². The zero-order valence-corrected chi connectivity index (χ0v) is 10.6. The summed E-state index contributed by atoms with van der Waals surface area (Å²) in [6, 6.07) is 5.65. The molecule has 0 saturated carbocycles. The Balaban J connectivity index is 2.41. The van der Waals surface area contributed by atoms with E-state index >= 15 is 0 Å². The number of nitrogens with one attached hydrogen (secondary N) is 1. The number of hydrogen-bond acceptors (Lipinski definition) is 3. The fourth-order valence-electron chi connectivity index (χ4n) is 1.91. The first-order valence-corrected chi connectivity index (χ1v) is 6.32. The Bertz CT molecular complexity index is 838. The lowest BCUT2D eigenvalue weighted by Gasteiger charge is -2.03. The first kappa shape index (κ1) is 12.0. The number of H-pyrrole nitrogens is 1. The molecule has 0 saturated heterocycles. The summed E-state index contributed by atoms with van der Waals surface area (Å²) in [5, 5.41) is 6.66. The molecule has 1 aromatic carbocycles. The summed E-state index contributed by atoms with van der Waals surface area (Å²) in [6.45, 7) is 1.93. The third-order valence-electron chi connectivity index (χ3n) is 2.80. The van der Waals surface area contributed by atoms with E-state index in [0.29, 0.717) is 11.1 Å². The van der Waals surface area contributed by atoms with Crippen LogP contribution in [0.15, 0.2) is 29.1 Å². The Morgan fingerprint density at radius 3 is 2.47 bits per heavy atom. The maximum absolute atomic E-state index is 13.4. The van der Waals surface area contributed by atoms with Crippen LogP contribution in [0.3, 0.4) is 0 Å². The molecule has 6 heteroatoms. The smallest absolute Gasteiger partial charge is 0.267 e. The number of aromatic nitrogens is 2. The summed E-state index contributed by atoms with van der Waals surface area (Å²) >= 11 is 1.47. The zero-order chi connectivity index (χ0) is 13.6. The molecule has 0 radical (unpaired) electrons. The molecule has 0 amide bonds. The van der Waals surface area contributed by atoms with Crippen LogP contribution in [-0.4, -0.2) is 10.2 Å². The third kappa shape index (κ3) is 1.94. The molecule has 0 spiro atoms. The largest absolute Gasteiger partial charge is 0.272 e. The van der Waals surface area contributed by atoms with Gasteiger partial charge in [-0.1, -0.05) is 0 Å². The van der Waals surface area contributed by atoms with E-state index < -0.39 is 17.2 Å². The van der Waals surface area contributed by atoms with Gasteiger partial charge < -0.3 is 0 Å². The molecule has 2 heterocycles. The highest BCUT2D eigenvalue weighted by Gasteiger charge is 2.14. The van der Waals surface area contributed by atoms with Crippen molar-refractivity contribution in [2.24, 2.45) is 0 Å². The minimum absolute atomic E-state index is 0.0925. The van der Waals surface area contributed by atoms with Gasteiger partial charge in [0.15, 0.2) is 11.6 Å². The predicted octanol–water partition coefficient (Wildman–Crippen LogP) is 3.24. The zero-order valence-electron chi connectivity index (χ0n) is 9.83. The molecule has 1 N–H and O–H groups in total. The molecule has 0 atom stereocenters. The van der Waals surface area contributed by atoms with E-state index in [2.05, 4.69) is 10.2 Å². The van der Waals surface area contributed by atoms with Crippen molar-refractivity contribution >= 4 is 22.1 Å². The maximum Gasteiger partial charge on any atom is 0.272 e. The fourth-order valence-corrected chi connectivity index (χ4v) is 2.78. The van der Waals surface area contributed by atoms with Crippen LogP contribution in [0, 0.1) is 18.6 Å². The van der Waals surface area contributed by atoms with E-state index in [-0.39, 0.29) is 5.39 Å². The number of thiophene rings is 1. The van der Waals surface area contributed by atoms with E-state index in [9.17, 15) is 13.6 Å². The van der Waals surface area contributed by atoms with Crippen molar-refractivity contribution in [2.75, 3.05) is 0 Å². The van der Waals surface area contributed by atoms with Gasteiger partial charge in [0.2, 0.25) is 0 Å². The maximum atomic E-state index is 13.4. The van der Waals surface area contributed by atoms with Crippen molar-refractivity contribution in [3.63, 3.8) is 0 Å². The number of aryl methyl sites for hydroxylation is 1. The van der Waals surface area contributed by atoms with E-state index in [1.54, 1.807) is 0 Å². The van der Waals surface area contributed by atoms with Crippen molar-refractivity contribution < 1.29 is 8.78 Å². The van der Waals surface area contributed by atoms with Gasteiger partial charge in [-0.05, 0) is 31.2 Å². The molecule has 0 aliphatic heterocycles. The Labute approximate surface area is 110 Å². The van der Waals surface area contributed by atoms with E-state index in [4.69, 9.17) is 0 Å². The van der Waals surface area contributed by atoms with Gasteiger partial charge in [-0.2, -0.15) is 5.10 Å². The minimum atomic E-state index is -1.04. The molecule has 3 rings (SSSR count). The van der Waals surface area contributed by atoms with Crippen LogP contribution in [0.1, 0.15) is 4.88 Å². The number of hydrogen-bond donors (Lipinski definition) is 1. The van der Waals surface area contributed by atoms with Gasteiger partial charge >= 0.3 is 0 Å². The first-order valence-electron chi connectivity index (χ1n) is 5.50. The summed E-state index contributed by atoms with van der Waals surface area (Å²) in [4.78, 5) is 13.5. The highest BCUT2D eigenvalue weighted by Crippen LogP contribution is 2.30. The topological polar surface area (TPSA) is 45.8 Å². The second kappa shape index (κ2) is 4.24. The number of nitrogens with zero attached hydrogens (tertiary/aromatic N) is 1. The Hall–Kier alpha value is -2.08. The van der Waals surface area contributed by atoms with Crippen LogP contribution in [0.25, 0.3) is 21.3 Å². The summed E-state index contributed by atoms with van der Waals surface area (Å²) in [5.74, 6) is -2.04. The van der Waals surface area contributed by atoms with Crippen LogP contribution < -0.4 is 5.56 Å². The van der Waals surface area contributed by atoms with Gasteiger partial charge in [-0.25, -0.2) is 13.9 Å². The lowest BCUT2D eigenvalue weighted by molar-refractivity contribution is 0.511. The van der Waals surface area contributed by atoms with Gasteiger partial charge in [0.05, 0.1) is 10.3 Å². The van der Waals surface area contributed by atoms with Crippen molar-refractivity contribution in [3.05, 3.63) is 51.1 Å². The van der Waals surface area contributed by atoms with Crippen LogP contribution in [0.4, 0.5) is 8.78 Å². The number of aromatic amines is 1. The quantitative estimate of drug-likeness (QED) is 0.742. The standard InChI is InChI=1S/C13H8F2N2OS/c1-6-2-3-11(19-6)12-7-4-9(14)10(15)5-8(7)13(18)17-16-12/h2-5H,1H3,(H,17,18). The molecule has 3 aromatic rings. The molecule has 96 valence electrons. The van der Waals surface area contributed by atoms with Crippen LogP contribution in [0.2, 0.25) is 0 Å².